The van der Waals surface area contributed by atoms with E-state index in [0.29, 0.717) is 12.1 Å². The van der Waals surface area contributed by atoms with Crippen LogP contribution in [0.15, 0.2) is 41.2 Å². The predicted octanol–water partition coefficient (Wildman–Crippen LogP) is 4.52. The molecule has 1 heterocycles. The largest absolute Gasteiger partial charge is 0.493 e. The van der Waals surface area contributed by atoms with Crippen molar-refractivity contribution in [2.24, 2.45) is 31.8 Å². The van der Waals surface area contributed by atoms with Crippen molar-refractivity contribution in [1.82, 2.24) is 14.5 Å². The number of nitrogens with one attached hydrogen (secondary N) is 1. The van der Waals surface area contributed by atoms with Crippen LogP contribution in [0.25, 0.3) is 11.0 Å². The van der Waals surface area contributed by atoms with Gasteiger partial charge in [0, 0.05) is 26.2 Å². The van der Waals surface area contributed by atoms with Gasteiger partial charge in [0.15, 0.2) is 11.5 Å². The van der Waals surface area contributed by atoms with E-state index < -0.39 is 0 Å². The van der Waals surface area contributed by atoms with Gasteiger partial charge in [0.2, 0.25) is 0 Å². The summed E-state index contributed by atoms with van der Waals surface area (Å²) in [5, 5.41) is 3.97. The lowest BCUT2D eigenvalue weighted by Gasteiger charge is -2.57. The minimum atomic E-state index is -0.0209. The van der Waals surface area contributed by atoms with Crippen LogP contribution < -0.4 is 20.5 Å². The van der Waals surface area contributed by atoms with E-state index >= 15 is 0 Å². The standard InChI is InChI=1S/C28H35N3O3/c1-30-23-6-4-19(11-24(23)31(2)27(30)32)17-34-25-7-5-18(12-26(25)33-3)16-29-28-13-20-8-21(14-28)10-22(9-20)15-28/h4-7,11-12,20-22,29H,8-10,13-17H2,1-3H3. The van der Waals surface area contributed by atoms with Crippen molar-refractivity contribution in [1.29, 1.82) is 0 Å². The van der Waals surface area contributed by atoms with Gasteiger partial charge in [0.1, 0.15) is 6.61 Å². The van der Waals surface area contributed by atoms with E-state index in [2.05, 4.69) is 17.4 Å². The lowest BCUT2D eigenvalue weighted by Crippen LogP contribution is -2.58. The Bertz CT molecular complexity index is 1250. The predicted molar refractivity (Wildman–Crippen MR) is 133 cm³/mol. The molecular weight excluding hydrogens is 426 g/mol. The second-order valence-corrected chi connectivity index (χ2v) is 11.0. The molecule has 0 radical (unpaired) electrons. The number of fused-ring (bicyclic) bond motifs is 1. The van der Waals surface area contributed by atoms with Crippen molar-refractivity contribution in [2.75, 3.05) is 7.11 Å². The van der Waals surface area contributed by atoms with Gasteiger partial charge in [-0.25, -0.2) is 4.79 Å². The number of aromatic nitrogens is 2. The third-order valence-corrected chi connectivity index (χ3v) is 8.66. The second kappa shape index (κ2) is 8.19. The number of methoxy groups -OCH3 is 1. The summed E-state index contributed by atoms with van der Waals surface area (Å²) in [4.78, 5) is 12.2. The fourth-order valence-corrected chi connectivity index (χ4v) is 7.36. The van der Waals surface area contributed by atoms with E-state index in [9.17, 15) is 4.79 Å². The first-order valence-electron chi connectivity index (χ1n) is 12.6. The number of hydrogen-bond acceptors (Lipinski definition) is 4. The van der Waals surface area contributed by atoms with Crippen molar-refractivity contribution in [3.05, 3.63) is 58.0 Å². The highest BCUT2D eigenvalue weighted by molar-refractivity contribution is 5.76. The molecule has 180 valence electrons. The van der Waals surface area contributed by atoms with Crippen LogP contribution >= 0.6 is 0 Å². The summed E-state index contributed by atoms with van der Waals surface area (Å²) >= 11 is 0. The number of ether oxygens (including phenoxy) is 2. The van der Waals surface area contributed by atoms with E-state index in [0.717, 1.165) is 52.4 Å². The van der Waals surface area contributed by atoms with Crippen molar-refractivity contribution >= 4 is 11.0 Å². The van der Waals surface area contributed by atoms with Crippen LogP contribution in [0, 0.1) is 17.8 Å². The maximum atomic E-state index is 12.2. The zero-order valence-electron chi connectivity index (χ0n) is 20.5. The van der Waals surface area contributed by atoms with Gasteiger partial charge in [-0.3, -0.25) is 9.13 Å². The molecule has 1 N–H and O–H groups in total. The molecule has 4 aliphatic rings. The number of nitrogens with zero attached hydrogens (tertiary/aromatic N) is 2. The van der Waals surface area contributed by atoms with Crippen LogP contribution in [-0.4, -0.2) is 21.8 Å². The maximum absolute atomic E-state index is 12.2. The highest BCUT2D eigenvalue weighted by atomic mass is 16.5. The molecule has 0 amide bonds. The molecule has 4 fully saturated rings. The lowest BCUT2D eigenvalue weighted by atomic mass is 9.53. The number of hydrogen-bond donors (Lipinski definition) is 1. The van der Waals surface area contributed by atoms with Gasteiger partial charge in [-0.05, 0) is 91.7 Å². The normalized spacial score (nSPS) is 27.4. The molecule has 6 heteroatoms. The first kappa shape index (κ1) is 21.8. The summed E-state index contributed by atoms with van der Waals surface area (Å²) in [5.41, 5.74) is 4.42. The summed E-state index contributed by atoms with van der Waals surface area (Å²) in [5.74, 6) is 4.34. The molecule has 3 aromatic rings. The Labute approximate surface area is 200 Å². The SMILES string of the molecule is COc1cc(CNC23CC4CC(CC(C4)C2)C3)ccc1OCc1ccc2c(c1)n(C)c(=O)n2C. The van der Waals surface area contributed by atoms with E-state index in [1.54, 1.807) is 30.3 Å². The summed E-state index contributed by atoms with van der Waals surface area (Å²) in [6.07, 6.45) is 8.47. The molecule has 0 spiro atoms. The summed E-state index contributed by atoms with van der Waals surface area (Å²) in [6.45, 7) is 1.29. The van der Waals surface area contributed by atoms with Crippen LogP contribution in [0.3, 0.4) is 0 Å². The number of imidazole rings is 1. The van der Waals surface area contributed by atoms with Crippen molar-refractivity contribution in [3.63, 3.8) is 0 Å². The number of aryl methyl sites for hydroxylation is 2. The number of rotatable bonds is 7. The minimum Gasteiger partial charge on any atom is -0.493 e. The van der Waals surface area contributed by atoms with Gasteiger partial charge >= 0.3 is 5.69 Å². The van der Waals surface area contributed by atoms with Gasteiger partial charge in [0.05, 0.1) is 18.1 Å². The van der Waals surface area contributed by atoms with Crippen molar-refractivity contribution in [3.8, 4) is 11.5 Å². The fourth-order valence-electron chi connectivity index (χ4n) is 7.36. The fraction of sp³-hybridized carbons (Fsp3) is 0.536. The summed E-state index contributed by atoms with van der Waals surface area (Å²) in [6, 6.07) is 12.3. The molecule has 0 aliphatic heterocycles. The summed E-state index contributed by atoms with van der Waals surface area (Å²) in [7, 11) is 5.30. The third-order valence-electron chi connectivity index (χ3n) is 8.66. The molecule has 0 saturated heterocycles. The van der Waals surface area contributed by atoms with E-state index in [-0.39, 0.29) is 5.69 Å². The molecule has 6 nitrogen and oxygen atoms in total. The Morgan fingerprint density at radius 3 is 2.21 bits per heavy atom. The number of benzene rings is 2. The summed E-state index contributed by atoms with van der Waals surface area (Å²) < 4.78 is 15.1. The zero-order valence-corrected chi connectivity index (χ0v) is 20.5. The Hall–Kier alpha value is -2.73. The second-order valence-electron chi connectivity index (χ2n) is 11.0. The van der Waals surface area contributed by atoms with Gasteiger partial charge in [-0.2, -0.15) is 0 Å². The third kappa shape index (κ3) is 3.72. The molecule has 4 saturated carbocycles. The molecule has 0 unspecified atom stereocenters. The highest BCUT2D eigenvalue weighted by Gasteiger charge is 2.50. The monoisotopic (exact) mass is 461 g/mol. The lowest BCUT2D eigenvalue weighted by molar-refractivity contribution is -0.0206. The smallest absolute Gasteiger partial charge is 0.328 e. The molecule has 0 atom stereocenters. The van der Waals surface area contributed by atoms with E-state index in [1.807, 2.05) is 24.3 Å². The Balaban J connectivity index is 1.14. The van der Waals surface area contributed by atoms with E-state index in [1.165, 1.54) is 44.1 Å². The first-order valence-corrected chi connectivity index (χ1v) is 12.6. The van der Waals surface area contributed by atoms with Gasteiger partial charge in [0.25, 0.3) is 0 Å². The molecule has 4 bridgehead atoms. The average Bonchev–Trinajstić information content (AvgIpc) is 3.04. The van der Waals surface area contributed by atoms with Crippen LogP contribution in [0.1, 0.15) is 49.7 Å². The zero-order chi connectivity index (χ0) is 23.4. The molecule has 7 rings (SSSR count). The Morgan fingerprint density at radius 2 is 1.53 bits per heavy atom. The van der Waals surface area contributed by atoms with Gasteiger partial charge < -0.3 is 14.8 Å². The molecule has 1 aromatic heterocycles. The molecule has 34 heavy (non-hydrogen) atoms. The van der Waals surface area contributed by atoms with Crippen LogP contribution in [-0.2, 0) is 27.2 Å². The average molecular weight is 462 g/mol. The molecule has 2 aromatic carbocycles. The Morgan fingerprint density at radius 1 is 0.882 bits per heavy atom. The van der Waals surface area contributed by atoms with Crippen LogP contribution in [0.4, 0.5) is 0 Å². The van der Waals surface area contributed by atoms with Crippen molar-refractivity contribution < 1.29 is 9.47 Å². The van der Waals surface area contributed by atoms with Gasteiger partial charge in [-0.15, -0.1) is 0 Å². The highest BCUT2D eigenvalue weighted by Crippen LogP contribution is 2.55. The first-order chi connectivity index (χ1) is 16.4. The molecule has 4 aliphatic carbocycles. The molecular formula is C28H35N3O3. The topological polar surface area (TPSA) is 57.4 Å². The van der Waals surface area contributed by atoms with Gasteiger partial charge in [-0.1, -0.05) is 12.1 Å². The maximum Gasteiger partial charge on any atom is 0.328 e. The van der Waals surface area contributed by atoms with Crippen molar-refractivity contribution in [2.45, 2.75) is 57.2 Å². The minimum absolute atomic E-state index is 0.0209. The van der Waals surface area contributed by atoms with E-state index in [4.69, 9.17) is 9.47 Å². The van der Waals surface area contributed by atoms with Crippen LogP contribution in [0.5, 0.6) is 11.5 Å². The Kier molecular flexibility index (Phi) is 5.25. The quantitative estimate of drug-likeness (QED) is 0.562. The van der Waals surface area contributed by atoms with Crippen LogP contribution in [0.2, 0.25) is 0 Å².